The van der Waals surface area contributed by atoms with Crippen LogP contribution in [0.5, 0.6) is 11.6 Å². The van der Waals surface area contributed by atoms with Gasteiger partial charge in [-0.1, -0.05) is 0 Å². The third kappa shape index (κ3) is 3.06. The van der Waals surface area contributed by atoms with Crippen LogP contribution in [0.25, 0.3) is 0 Å². The van der Waals surface area contributed by atoms with E-state index in [1.165, 1.54) is 18.3 Å². The Kier molecular flexibility index (Phi) is 3.74. The summed E-state index contributed by atoms with van der Waals surface area (Å²) < 4.78 is 18.7. The van der Waals surface area contributed by atoms with Gasteiger partial charge in [0.05, 0.1) is 11.7 Å². The van der Waals surface area contributed by atoms with Gasteiger partial charge in [0.25, 0.3) is 0 Å². The van der Waals surface area contributed by atoms with Crippen molar-refractivity contribution in [2.24, 2.45) is 0 Å². The lowest BCUT2D eigenvalue weighted by Gasteiger charge is -2.07. The summed E-state index contributed by atoms with van der Waals surface area (Å²) in [6, 6.07) is 8.95. The molecule has 0 radical (unpaired) electrons. The lowest BCUT2D eigenvalue weighted by molar-refractivity contribution is 0.198. The van der Waals surface area contributed by atoms with Gasteiger partial charge in [-0.2, -0.15) is 5.26 Å². The molecule has 0 bridgehead atoms. The van der Waals surface area contributed by atoms with Gasteiger partial charge in [-0.25, -0.2) is 9.37 Å². The first-order chi connectivity index (χ1) is 9.10. The van der Waals surface area contributed by atoms with E-state index in [0.29, 0.717) is 5.56 Å². The Morgan fingerprint density at radius 2 is 2.16 bits per heavy atom. The van der Waals surface area contributed by atoms with Crippen molar-refractivity contribution >= 4 is 0 Å². The number of halogens is 1. The predicted octanol–water partition coefficient (Wildman–Crippen LogP) is 2.94. The number of aliphatic hydroxyl groups excluding tert-OH is 1. The van der Waals surface area contributed by atoms with Crippen LogP contribution in [-0.2, 0) is 0 Å². The molecule has 2 aromatic rings. The van der Waals surface area contributed by atoms with E-state index in [2.05, 4.69) is 4.98 Å². The molecule has 0 unspecified atom stereocenters. The van der Waals surface area contributed by atoms with Crippen LogP contribution in [0.1, 0.15) is 24.2 Å². The smallest absolute Gasteiger partial charge is 0.219 e. The van der Waals surface area contributed by atoms with E-state index < -0.39 is 11.9 Å². The Hall–Kier alpha value is -2.45. The standard InChI is InChI=1S/C14H11FN2O2/c1-9(18)11-3-5-14(17-8-11)19-12-4-2-10(7-16)13(15)6-12/h2-6,8-9,18H,1H3/t9-/m0/s1. The van der Waals surface area contributed by atoms with Crippen molar-refractivity contribution in [3.8, 4) is 17.7 Å². The normalized spacial score (nSPS) is 11.7. The van der Waals surface area contributed by atoms with Crippen LogP contribution in [0.2, 0.25) is 0 Å². The maximum atomic E-state index is 13.4. The van der Waals surface area contributed by atoms with Gasteiger partial charge in [-0.15, -0.1) is 0 Å². The monoisotopic (exact) mass is 258 g/mol. The number of hydrogen-bond acceptors (Lipinski definition) is 4. The van der Waals surface area contributed by atoms with Gasteiger partial charge in [0.2, 0.25) is 5.88 Å². The first kappa shape index (κ1) is 13.0. The third-order valence-electron chi connectivity index (χ3n) is 2.53. The Morgan fingerprint density at radius 1 is 1.37 bits per heavy atom. The molecule has 2 rings (SSSR count). The molecule has 0 saturated heterocycles. The van der Waals surface area contributed by atoms with Crippen molar-refractivity contribution in [1.29, 1.82) is 5.26 Å². The fourth-order valence-corrected chi connectivity index (χ4v) is 1.47. The summed E-state index contributed by atoms with van der Waals surface area (Å²) in [7, 11) is 0. The van der Waals surface area contributed by atoms with Crippen LogP contribution < -0.4 is 4.74 Å². The summed E-state index contributed by atoms with van der Waals surface area (Å²) in [4.78, 5) is 4.00. The zero-order chi connectivity index (χ0) is 13.8. The van der Waals surface area contributed by atoms with Crippen LogP contribution in [0, 0.1) is 17.1 Å². The largest absolute Gasteiger partial charge is 0.439 e. The molecule has 1 N–H and O–H groups in total. The molecule has 0 amide bonds. The van der Waals surface area contributed by atoms with Gasteiger partial charge in [0, 0.05) is 18.3 Å². The molecule has 96 valence electrons. The van der Waals surface area contributed by atoms with Gasteiger partial charge in [0.15, 0.2) is 0 Å². The van der Waals surface area contributed by atoms with E-state index in [-0.39, 0.29) is 17.2 Å². The number of rotatable bonds is 3. The van der Waals surface area contributed by atoms with Gasteiger partial charge < -0.3 is 9.84 Å². The highest BCUT2D eigenvalue weighted by Crippen LogP contribution is 2.22. The highest BCUT2D eigenvalue weighted by atomic mass is 19.1. The van der Waals surface area contributed by atoms with Crippen LogP contribution >= 0.6 is 0 Å². The molecule has 1 heterocycles. The lowest BCUT2D eigenvalue weighted by atomic mass is 10.2. The molecule has 0 aliphatic rings. The Morgan fingerprint density at radius 3 is 2.68 bits per heavy atom. The Bertz CT molecular complexity index is 618. The predicted molar refractivity (Wildman–Crippen MR) is 66.1 cm³/mol. The molecular weight excluding hydrogens is 247 g/mol. The van der Waals surface area contributed by atoms with Crippen molar-refractivity contribution < 1.29 is 14.2 Å². The molecule has 1 aromatic heterocycles. The number of hydrogen-bond donors (Lipinski definition) is 1. The molecule has 4 nitrogen and oxygen atoms in total. The summed E-state index contributed by atoms with van der Waals surface area (Å²) in [5.41, 5.74) is 0.628. The molecule has 0 fully saturated rings. The van der Waals surface area contributed by atoms with Crippen LogP contribution in [0.3, 0.4) is 0 Å². The highest BCUT2D eigenvalue weighted by molar-refractivity contribution is 5.37. The summed E-state index contributed by atoms with van der Waals surface area (Å²) in [6.07, 6.45) is 0.883. The number of nitriles is 1. The van der Waals surface area contributed by atoms with Crippen molar-refractivity contribution in [2.75, 3.05) is 0 Å². The first-order valence-corrected chi connectivity index (χ1v) is 5.61. The zero-order valence-corrected chi connectivity index (χ0v) is 10.2. The van der Waals surface area contributed by atoms with Gasteiger partial charge >= 0.3 is 0 Å². The number of aliphatic hydroxyl groups is 1. The molecule has 1 aromatic carbocycles. The molecular formula is C14H11FN2O2. The van der Waals surface area contributed by atoms with E-state index in [9.17, 15) is 9.50 Å². The van der Waals surface area contributed by atoms with E-state index in [4.69, 9.17) is 10.00 Å². The quantitative estimate of drug-likeness (QED) is 0.919. The minimum absolute atomic E-state index is 0.0373. The van der Waals surface area contributed by atoms with Gasteiger partial charge in [0.1, 0.15) is 17.6 Å². The fourth-order valence-electron chi connectivity index (χ4n) is 1.47. The highest BCUT2D eigenvalue weighted by Gasteiger charge is 2.06. The molecule has 19 heavy (non-hydrogen) atoms. The van der Waals surface area contributed by atoms with Crippen LogP contribution in [-0.4, -0.2) is 10.1 Å². The van der Waals surface area contributed by atoms with E-state index in [1.807, 2.05) is 0 Å². The summed E-state index contributed by atoms with van der Waals surface area (Å²) in [5, 5.41) is 18.0. The average Bonchev–Trinajstić information content (AvgIpc) is 2.39. The first-order valence-electron chi connectivity index (χ1n) is 5.61. The maximum absolute atomic E-state index is 13.4. The molecule has 0 spiro atoms. The molecule has 0 aliphatic carbocycles. The second-order valence-electron chi connectivity index (χ2n) is 3.96. The fraction of sp³-hybridized carbons (Fsp3) is 0.143. The van der Waals surface area contributed by atoms with Crippen LogP contribution in [0.4, 0.5) is 4.39 Å². The Labute approximate surface area is 109 Å². The molecule has 5 heteroatoms. The summed E-state index contributed by atoms with van der Waals surface area (Å²) in [6.45, 7) is 1.63. The van der Waals surface area contributed by atoms with Crippen molar-refractivity contribution in [3.63, 3.8) is 0 Å². The number of benzene rings is 1. The second-order valence-corrected chi connectivity index (χ2v) is 3.96. The summed E-state index contributed by atoms with van der Waals surface area (Å²) in [5.74, 6) is -0.0945. The van der Waals surface area contributed by atoms with Crippen molar-refractivity contribution in [2.45, 2.75) is 13.0 Å². The SMILES string of the molecule is C[C@H](O)c1ccc(Oc2ccc(C#N)c(F)c2)nc1. The summed E-state index contributed by atoms with van der Waals surface area (Å²) >= 11 is 0. The van der Waals surface area contributed by atoms with Crippen molar-refractivity contribution in [3.05, 3.63) is 53.5 Å². The minimum Gasteiger partial charge on any atom is -0.439 e. The number of pyridine rings is 1. The van der Waals surface area contributed by atoms with Gasteiger partial charge in [-0.3, -0.25) is 0 Å². The molecule has 0 saturated carbocycles. The second kappa shape index (κ2) is 5.46. The average molecular weight is 258 g/mol. The maximum Gasteiger partial charge on any atom is 0.219 e. The van der Waals surface area contributed by atoms with Gasteiger partial charge in [-0.05, 0) is 30.7 Å². The van der Waals surface area contributed by atoms with E-state index in [0.717, 1.165) is 6.07 Å². The van der Waals surface area contributed by atoms with Crippen molar-refractivity contribution in [1.82, 2.24) is 4.98 Å². The van der Waals surface area contributed by atoms with Crippen LogP contribution in [0.15, 0.2) is 36.5 Å². The molecule has 0 aliphatic heterocycles. The number of aromatic nitrogens is 1. The topological polar surface area (TPSA) is 66.1 Å². The lowest BCUT2D eigenvalue weighted by Crippen LogP contribution is -1.94. The molecule has 1 atom stereocenters. The third-order valence-corrected chi connectivity index (χ3v) is 2.53. The van der Waals surface area contributed by atoms with E-state index in [1.54, 1.807) is 25.1 Å². The minimum atomic E-state index is -0.638. The Balaban J connectivity index is 2.17. The zero-order valence-electron chi connectivity index (χ0n) is 10.2. The number of ether oxygens (including phenoxy) is 1. The van der Waals surface area contributed by atoms with E-state index >= 15 is 0 Å². The number of nitrogens with zero attached hydrogens (tertiary/aromatic N) is 2.